The number of benzene rings is 1. The molecule has 0 atom stereocenters. The third-order valence-electron chi connectivity index (χ3n) is 3.51. The molecule has 0 saturated carbocycles. The summed E-state index contributed by atoms with van der Waals surface area (Å²) in [5.41, 5.74) is 6.35. The van der Waals surface area contributed by atoms with Crippen molar-refractivity contribution in [3.63, 3.8) is 0 Å². The van der Waals surface area contributed by atoms with Gasteiger partial charge in [0.2, 0.25) is 0 Å². The normalized spacial score (nSPS) is 16.2. The number of fused-ring (bicyclic) bond motifs is 1. The summed E-state index contributed by atoms with van der Waals surface area (Å²) in [5.74, 6) is 0.560. The fraction of sp³-hybridized carbons (Fsp3) is 0.357. The van der Waals surface area contributed by atoms with Crippen molar-refractivity contribution < 1.29 is 4.39 Å². The van der Waals surface area contributed by atoms with Crippen LogP contribution in [0.2, 0.25) is 0 Å². The molecule has 0 bridgehead atoms. The SMILES string of the molecule is Nc1cc(F)cc2c(N3CCCCC3)nccc12. The molecule has 2 aromatic rings. The van der Waals surface area contributed by atoms with Crippen LogP contribution in [0.4, 0.5) is 15.9 Å². The van der Waals surface area contributed by atoms with E-state index < -0.39 is 0 Å². The Bertz CT molecular complexity index is 577. The molecule has 18 heavy (non-hydrogen) atoms. The highest BCUT2D eigenvalue weighted by Gasteiger charge is 2.16. The molecule has 0 spiro atoms. The smallest absolute Gasteiger partial charge is 0.136 e. The molecule has 94 valence electrons. The highest BCUT2D eigenvalue weighted by atomic mass is 19.1. The Hall–Kier alpha value is -1.84. The molecule has 2 N–H and O–H groups in total. The second kappa shape index (κ2) is 4.44. The van der Waals surface area contributed by atoms with E-state index in [0.717, 1.165) is 29.7 Å². The van der Waals surface area contributed by atoms with Gasteiger partial charge in [-0.2, -0.15) is 0 Å². The van der Waals surface area contributed by atoms with E-state index in [0.29, 0.717) is 5.69 Å². The maximum absolute atomic E-state index is 13.5. The Morgan fingerprint density at radius 2 is 1.89 bits per heavy atom. The van der Waals surface area contributed by atoms with Crippen LogP contribution >= 0.6 is 0 Å². The lowest BCUT2D eigenvalue weighted by Crippen LogP contribution is -2.30. The van der Waals surface area contributed by atoms with Crippen molar-refractivity contribution in [2.24, 2.45) is 0 Å². The topological polar surface area (TPSA) is 42.1 Å². The summed E-state index contributed by atoms with van der Waals surface area (Å²) in [6, 6.07) is 4.74. The lowest BCUT2D eigenvalue weighted by atomic mass is 10.1. The number of hydrogen-bond acceptors (Lipinski definition) is 3. The predicted octanol–water partition coefficient (Wildman–Crippen LogP) is 2.95. The number of nitrogen functional groups attached to an aromatic ring is 1. The average molecular weight is 245 g/mol. The summed E-state index contributed by atoms with van der Waals surface area (Å²) in [6.45, 7) is 1.98. The van der Waals surface area contributed by atoms with Crippen LogP contribution in [0.3, 0.4) is 0 Å². The Kier molecular flexibility index (Phi) is 2.78. The Balaban J connectivity index is 2.16. The van der Waals surface area contributed by atoms with E-state index in [2.05, 4.69) is 9.88 Å². The standard InChI is InChI=1S/C14H16FN3/c15-10-8-12-11(13(16)9-10)4-5-17-14(12)18-6-2-1-3-7-18/h4-5,8-9H,1-3,6-7,16H2. The van der Waals surface area contributed by atoms with E-state index in [1.807, 2.05) is 6.07 Å². The molecule has 1 aromatic heterocycles. The lowest BCUT2D eigenvalue weighted by molar-refractivity contribution is 0.574. The summed E-state index contributed by atoms with van der Waals surface area (Å²) in [7, 11) is 0. The third kappa shape index (κ3) is 1.88. The van der Waals surface area contributed by atoms with Crippen LogP contribution in [0.25, 0.3) is 10.8 Å². The second-order valence-corrected chi connectivity index (χ2v) is 4.77. The minimum absolute atomic E-state index is 0.300. The zero-order valence-electron chi connectivity index (χ0n) is 10.2. The van der Waals surface area contributed by atoms with Gasteiger partial charge in [0.05, 0.1) is 0 Å². The molecule has 1 saturated heterocycles. The molecule has 3 rings (SSSR count). The van der Waals surface area contributed by atoms with Crippen molar-refractivity contribution in [1.29, 1.82) is 0 Å². The van der Waals surface area contributed by atoms with Crippen LogP contribution in [0, 0.1) is 5.82 Å². The number of nitrogens with zero attached hydrogens (tertiary/aromatic N) is 2. The Morgan fingerprint density at radius 3 is 2.67 bits per heavy atom. The summed E-state index contributed by atoms with van der Waals surface area (Å²) in [4.78, 5) is 6.64. The van der Waals surface area contributed by atoms with Gasteiger partial charge >= 0.3 is 0 Å². The zero-order valence-corrected chi connectivity index (χ0v) is 10.2. The largest absolute Gasteiger partial charge is 0.398 e. The highest BCUT2D eigenvalue weighted by Crippen LogP contribution is 2.30. The van der Waals surface area contributed by atoms with Crippen molar-refractivity contribution in [1.82, 2.24) is 4.98 Å². The molecule has 0 unspecified atom stereocenters. The summed E-state index contributed by atoms with van der Waals surface area (Å²) >= 11 is 0. The maximum atomic E-state index is 13.5. The number of nitrogens with two attached hydrogens (primary N) is 1. The first-order chi connectivity index (χ1) is 8.75. The number of halogens is 1. The second-order valence-electron chi connectivity index (χ2n) is 4.77. The molecule has 4 heteroatoms. The molecular formula is C14H16FN3. The number of aromatic nitrogens is 1. The van der Waals surface area contributed by atoms with Crippen LogP contribution in [-0.2, 0) is 0 Å². The molecular weight excluding hydrogens is 229 g/mol. The molecule has 3 nitrogen and oxygen atoms in total. The van der Waals surface area contributed by atoms with Crippen molar-refractivity contribution in [3.05, 3.63) is 30.2 Å². The van der Waals surface area contributed by atoms with Crippen LogP contribution < -0.4 is 10.6 Å². The van der Waals surface area contributed by atoms with E-state index in [1.54, 1.807) is 6.20 Å². The third-order valence-corrected chi connectivity index (χ3v) is 3.51. The summed E-state index contributed by atoms with van der Waals surface area (Å²) in [5, 5.41) is 1.70. The maximum Gasteiger partial charge on any atom is 0.136 e. The van der Waals surface area contributed by atoms with Gasteiger partial charge in [0.15, 0.2) is 0 Å². The summed E-state index contributed by atoms with van der Waals surface area (Å²) in [6.07, 6.45) is 5.35. The molecule has 2 heterocycles. The average Bonchev–Trinajstić information content (AvgIpc) is 2.39. The fourth-order valence-corrected chi connectivity index (χ4v) is 2.62. The van der Waals surface area contributed by atoms with Gasteiger partial charge in [-0.1, -0.05) is 0 Å². The molecule has 0 radical (unpaired) electrons. The van der Waals surface area contributed by atoms with Gasteiger partial charge in [0.1, 0.15) is 11.6 Å². The molecule has 1 fully saturated rings. The Morgan fingerprint density at radius 1 is 1.11 bits per heavy atom. The monoisotopic (exact) mass is 245 g/mol. The number of hydrogen-bond donors (Lipinski definition) is 1. The lowest BCUT2D eigenvalue weighted by Gasteiger charge is -2.28. The van der Waals surface area contributed by atoms with E-state index in [-0.39, 0.29) is 5.82 Å². The van der Waals surface area contributed by atoms with Gasteiger partial charge < -0.3 is 10.6 Å². The fourth-order valence-electron chi connectivity index (χ4n) is 2.62. The molecule has 0 aliphatic carbocycles. The first-order valence-corrected chi connectivity index (χ1v) is 6.34. The molecule has 0 amide bonds. The molecule has 1 aliphatic rings. The number of rotatable bonds is 1. The van der Waals surface area contributed by atoms with Gasteiger partial charge in [0, 0.05) is 35.7 Å². The van der Waals surface area contributed by atoms with Crippen LogP contribution in [0.5, 0.6) is 0 Å². The van der Waals surface area contributed by atoms with Crippen molar-refractivity contribution in [2.75, 3.05) is 23.7 Å². The number of piperidine rings is 1. The van der Waals surface area contributed by atoms with Crippen LogP contribution in [0.1, 0.15) is 19.3 Å². The van der Waals surface area contributed by atoms with Crippen LogP contribution in [0.15, 0.2) is 24.4 Å². The minimum Gasteiger partial charge on any atom is -0.398 e. The first kappa shape index (κ1) is 11.3. The van der Waals surface area contributed by atoms with E-state index in [4.69, 9.17) is 5.73 Å². The van der Waals surface area contributed by atoms with Gasteiger partial charge in [-0.15, -0.1) is 0 Å². The number of pyridine rings is 1. The van der Waals surface area contributed by atoms with Gasteiger partial charge in [-0.05, 0) is 37.5 Å². The van der Waals surface area contributed by atoms with Crippen LogP contribution in [-0.4, -0.2) is 18.1 Å². The summed E-state index contributed by atoms with van der Waals surface area (Å²) < 4.78 is 13.5. The van der Waals surface area contributed by atoms with E-state index in [1.165, 1.54) is 31.4 Å². The van der Waals surface area contributed by atoms with E-state index in [9.17, 15) is 4.39 Å². The zero-order chi connectivity index (χ0) is 12.5. The van der Waals surface area contributed by atoms with Gasteiger partial charge in [0.25, 0.3) is 0 Å². The van der Waals surface area contributed by atoms with Gasteiger partial charge in [-0.3, -0.25) is 0 Å². The van der Waals surface area contributed by atoms with Crippen molar-refractivity contribution in [2.45, 2.75) is 19.3 Å². The molecule has 1 aromatic carbocycles. The minimum atomic E-state index is -0.300. The van der Waals surface area contributed by atoms with E-state index >= 15 is 0 Å². The Labute approximate surface area is 105 Å². The quantitative estimate of drug-likeness (QED) is 0.785. The first-order valence-electron chi connectivity index (χ1n) is 6.34. The molecule has 1 aliphatic heterocycles. The van der Waals surface area contributed by atoms with Crippen molar-refractivity contribution >= 4 is 22.3 Å². The highest BCUT2D eigenvalue weighted by molar-refractivity contribution is 5.99. The number of anilines is 2. The van der Waals surface area contributed by atoms with Crippen molar-refractivity contribution in [3.8, 4) is 0 Å². The predicted molar refractivity (Wildman–Crippen MR) is 72.2 cm³/mol. The van der Waals surface area contributed by atoms with Gasteiger partial charge in [-0.25, -0.2) is 9.37 Å².